The standard InChI is InChI=1S/C18H15ClN2O4/c1-10(16(22)11-3-4-15(24-2)14(19)9-11)25-18(23)13-6-8-21-17-12(13)5-7-20-17/h3-10H,1-2H3,(H,20,21). The normalized spacial score (nSPS) is 12.0. The molecule has 6 nitrogen and oxygen atoms in total. The summed E-state index contributed by atoms with van der Waals surface area (Å²) < 4.78 is 10.4. The SMILES string of the molecule is COc1ccc(C(=O)C(C)OC(=O)c2ccnc3[nH]ccc23)cc1Cl. The summed E-state index contributed by atoms with van der Waals surface area (Å²) in [5.74, 6) is -0.473. The van der Waals surface area contributed by atoms with Crippen molar-refractivity contribution in [2.45, 2.75) is 13.0 Å². The van der Waals surface area contributed by atoms with Crippen LogP contribution in [0.5, 0.6) is 5.75 Å². The number of Topliss-reactive ketones (excluding diaryl/α,β-unsaturated/α-hetero) is 1. The molecule has 1 atom stereocenters. The minimum Gasteiger partial charge on any atom is -0.495 e. The average molecular weight is 359 g/mol. The molecular formula is C18H15ClN2O4. The number of aromatic amines is 1. The number of rotatable bonds is 5. The van der Waals surface area contributed by atoms with Crippen LogP contribution in [0.4, 0.5) is 0 Å². The van der Waals surface area contributed by atoms with Crippen LogP contribution in [-0.2, 0) is 4.74 Å². The molecule has 1 unspecified atom stereocenters. The Balaban J connectivity index is 1.78. The first-order valence-corrected chi connectivity index (χ1v) is 7.90. The second-order valence-electron chi connectivity index (χ2n) is 5.36. The molecule has 3 rings (SSSR count). The number of carbonyl (C=O) groups is 2. The molecule has 0 radical (unpaired) electrons. The first-order chi connectivity index (χ1) is 12.0. The van der Waals surface area contributed by atoms with E-state index < -0.39 is 12.1 Å². The van der Waals surface area contributed by atoms with Crippen molar-refractivity contribution in [3.8, 4) is 5.75 Å². The Morgan fingerprint density at radius 2 is 2.04 bits per heavy atom. The molecule has 0 aliphatic carbocycles. The summed E-state index contributed by atoms with van der Waals surface area (Å²) in [7, 11) is 1.49. The number of esters is 1. The van der Waals surface area contributed by atoms with E-state index in [1.807, 2.05) is 0 Å². The van der Waals surface area contributed by atoms with Crippen molar-refractivity contribution < 1.29 is 19.1 Å². The van der Waals surface area contributed by atoms with Gasteiger partial charge in [-0.05, 0) is 37.3 Å². The molecule has 0 saturated carbocycles. The van der Waals surface area contributed by atoms with Crippen molar-refractivity contribution in [1.29, 1.82) is 0 Å². The van der Waals surface area contributed by atoms with Crippen LogP contribution in [0, 0.1) is 0 Å². The van der Waals surface area contributed by atoms with Crippen LogP contribution in [-0.4, -0.2) is 34.9 Å². The van der Waals surface area contributed by atoms with Gasteiger partial charge in [-0.1, -0.05) is 11.6 Å². The van der Waals surface area contributed by atoms with Crippen molar-refractivity contribution >= 4 is 34.4 Å². The molecule has 0 amide bonds. The van der Waals surface area contributed by atoms with Gasteiger partial charge >= 0.3 is 5.97 Å². The summed E-state index contributed by atoms with van der Waals surface area (Å²) in [6, 6.07) is 7.95. The van der Waals surface area contributed by atoms with Crippen LogP contribution < -0.4 is 4.74 Å². The van der Waals surface area contributed by atoms with E-state index in [1.165, 1.54) is 26.3 Å². The largest absolute Gasteiger partial charge is 0.495 e. The highest BCUT2D eigenvalue weighted by Gasteiger charge is 2.22. The third kappa shape index (κ3) is 3.34. The van der Waals surface area contributed by atoms with Gasteiger partial charge in [0.25, 0.3) is 0 Å². The van der Waals surface area contributed by atoms with Crippen LogP contribution in [0.1, 0.15) is 27.6 Å². The van der Waals surface area contributed by atoms with Gasteiger partial charge in [-0.15, -0.1) is 0 Å². The van der Waals surface area contributed by atoms with Crippen LogP contribution >= 0.6 is 11.6 Å². The zero-order valence-electron chi connectivity index (χ0n) is 13.6. The summed E-state index contributed by atoms with van der Waals surface area (Å²) in [4.78, 5) is 31.9. The number of benzene rings is 1. The molecule has 7 heteroatoms. The molecule has 1 N–H and O–H groups in total. The minimum absolute atomic E-state index is 0.315. The van der Waals surface area contributed by atoms with Crippen LogP contribution in [0.3, 0.4) is 0 Å². The number of hydrogen-bond acceptors (Lipinski definition) is 5. The van der Waals surface area contributed by atoms with Gasteiger partial charge in [0.2, 0.25) is 5.78 Å². The summed E-state index contributed by atoms with van der Waals surface area (Å²) in [6.45, 7) is 1.52. The molecule has 0 aliphatic rings. The summed E-state index contributed by atoms with van der Waals surface area (Å²) in [5.41, 5.74) is 1.27. The fraction of sp³-hybridized carbons (Fsp3) is 0.167. The zero-order valence-corrected chi connectivity index (χ0v) is 14.3. The predicted octanol–water partition coefficient (Wildman–Crippen LogP) is 3.65. The third-order valence-electron chi connectivity index (χ3n) is 3.77. The molecule has 0 bridgehead atoms. The highest BCUT2D eigenvalue weighted by Crippen LogP contribution is 2.26. The summed E-state index contributed by atoms with van der Waals surface area (Å²) in [6.07, 6.45) is 2.23. The Morgan fingerprint density at radius 1 is 1.24 bits per heavy atom. The van der Waals surface area contributed by atoms with E-state index in [2.05, 4.69) is 9.97 Å². The minimum atomic E-state index is -0.959. The van der Waals surface area contributed by atoms with Crippen molar-refractivity contribution in [1.82, 2.24) is 9.97 Å². The number of nitrogens with one attached hydrogen (secondary N) is 1. The number of fused-ring (bicyclic) bond motifs is 1. The third-order valence-corrected chi connectivity index (χ3v) is 4.06. The number of nitrogens with zero attached hydrogens (tertiary/aromatic N) is 1. The maximum Gasteiger partial charge on any atom is 0.339 e. The fourth-order valence-electron chi connectivity index (χ4n) is 2.47. The quantitative estimate of drug-likeness (QED) is 0.556. The van der Waals surface area contributed by atoms with Crippen molar-refractivity contribution in [2.75, 3.05) is 7.11 Å². The van der Waals surface area contributed by atoms with Crippen LogP contribution in [0.2, 0.25) is 5.02 Å². The highest BCUT2D eigenvalue weighted by atomic mass is 35.5. The fourth-order valence-corrected chi connectivity index (χ4v) is 2.73. The number of halogens is 1. The zero-order chi connectivity index (χ0) is 18.0. The number of H-pyrrole nitrogens is 1. The lowest BCUT2D eigenvalue weighted by Crippen LogP contribution is -2.24. The highest BCUT2D eigenvalue weighted by molar-refractivity contribution is 6.32. The lowest BCUT2D eigenvalue weighted by Gasteiger charge is -2.13. The topological polar surface area (TPSA) is 81.3 Å². The number of pyridine rings is 1. The van der Waals surface area contributed by atoms with Crippen molar-refractivity contribution in [3.63, 3.8) is 0 Å². The number of aromatic nitrogens is 2. The molecule has 3 aromatic rings. The van der Waals surface area contributed by atoms with E-state index in [4.69, 9.17) is 21.1 Å². The van der Waals surface area contributed by atoms with E-state index >= 15 is 0 Å². The Hall–Kier alpha value is -2.86. The first-order valence-electron chi connectivity index (χ1n) is 7.52. The van der Waals surface area contributed by atoms with Gasteiger partial charge < -0.3 is 14.5 Å². The molecule has 2 aromatic heterocycles. The monoisotopic (exact) mass is 358 g/mol. The predicted molar refractivity (Wildman–Crippen MR) is 93.3 cm³/mol. The molecule has 1 aromatic carbocycles. The van der Waals surface area contributed by atoms with Gasteiger partial charge in [0.05, 0.1) is 17.7 Å². The lowest BCUT2D eigenvalue weighted by atomic mass is 10.1. The Bertz CT molecular complexity index is 951. The van der Waals surface area contributed by atoms with Crippen LogP contribution in [0.15, 0.2) is 42.7 Å². The Kier molecular flexibility index (Phi) is 4.72. The molecule has 0 spiro atoms. The van der Waals surface area contributed by atoms with Gasteiger partial charge in [0.15, 0.2) is 6.10 Å². The maximum atomic E-state index is 12.5. The van der Waals surface area contributed by atoms with Crippen molar-refractivity contribution in [2.24, 2.45) is 0 Å². The molecule has 0 aliphatic heterocycles. The van der Waals surface area contributed by atoms with E-state index in [-0.39, 0.29) is 5.78 Å². The van der Waals surface area contributed by atoms with Gasteiger partial charge in [0, 0.05) is 23.3 Å². The Labute approximate surface area is 148 Å². The number of carbonyl (C=O) groups excluding carboxylic acids is 2. The lowest BCUT2D eigenvalue weighted by molar-refractivity contribution is 0.0320. The molecule has 25 heavy (non-hydrogen) atoms. The average Bonchev–Trinajstić information content (AvgIpc) is 3.09. The van der Waals surface area contributed by atoms with Gasteiger partial charge in [0.1, 0.15) is 11.4 Å². The second-order valence-corrected chi connectivity index (χ2v) is 5.77. The van der Waals surface area contributed by atoms with Gasteiger partial charge in [-0.2, -0.15) is 0 Å². The summed E-state index contributed by atoms with van der Waals surface area (Å²) in [5, 5.41) is 0.953. The molecule has 128 valence electrons. The van der Waals surface area contributed by atoms with E-state index in [0.29, 0.717) is 32.9 Å². The summed E-state index contributed by atoms with van der Waals surface area (Å²) >= 11 is 6.04. The number of ketones is 1. The van der Waals surface area contributed by atoms with E-state index in [9.17, 15) is 9.59 Å². The number of ether oxygens (including phenoxy) is 2. The molecule has 2 heterocycles. The number of methoxy groups -OCH3 is 1. The van der Waals surface area contributed by atoms with Crippen molar-refractivity contribution in [3.05, 3.63) is 58.9 Å². The number of hydrogen-bond donors (Lipinski definition) is 1. The van der Waals surface area contributed by atoms with Crippen LogP contribution in [0.25, 0.3) is 11.0 Å². The van der Waals surface area contributed by atoms with E-state index in [0.717, 1.165) is 0 Å². The van der Waals surface area contributed by atoms with Gasteiger partial charge in [-0.3, -0.25) is 4.79 Å². The Morgan fingerprint density at radius 3 is 2.76 bits per heavy atom. The second kappa shape index (κ2) is 6.94. The van der Waals surface area contributed by atoms with E-state index in [1.54, 1.807) is 30.5 Å². The maximum absolute atomic E-state index is 12.5. The van der Waals surface area contributed by atoms with Gasteiger partial charge in [-0.25, -0.2) is 9.78 Å². The molecular weight excluding hydrogens is 344 g/mol. The first kappa shape index (κ1) is 17.0. The molecule has 0 saturated heterocycles. The smallest absolute Gasteiger partial charge is 0.339 e. The molecule has 0 fully saturated rings.